The van der Waals surface area contributed by atoms with Crippen molar-refractivity contribution in [3.05, 3.63) is 60.2 Å². The molecule has 0 spiro atoms. The van der Waals surface area contributed by atoms with Gasteiger partial charge in [0.2, 0.25) is 11.8 Å². The standard InChI is InChI=1S/C20H21N3O5S/c24-18-10-11-19(25)23(18)13-5-12-21-20(26)15-6-4-7-16(14-15)22-29(27,28)17-8-2-1-3-9-17/h1-4,6-9,14,22H,5,10-13H2,(H,21,26). The molecule has 29 heavy (non-hydrogen) atoms. The molecule has 1 aliphatic heterocycles. The highest BCUT2D eigenvalue weighted by atomic mass is 32.2. The Bertz CT molecular complexity index is 1010. The Morgan fingerprint density at radius 3 is 2.34 bits per heavy atom. The summed E-state index contributed by atoms with van der Waals surface area (Å²) in [5, 5.41) is 2.71. The number of rotatable bonds is 8. The zero-order chi connectivity index (χ0) is 20.9. The first kappa shape index (κ1) is 20.5. The lowest BCUT2D eigenvalue weighted by Crippen LogP contribution is -2.33. The second-order valence-corrected chi connectivity index (χ2v) is 8.23. The van der Waals surface area contributed by atoms with E-state index in [1.54, 1.807) is 36.4 Å². The van der Waals surface area contributed by atoms with Crippen LogP contribution >= 0.6 is 0 Å². The Kier molecular flexibility index (Phi) is 6.28. The summed E-state index contributed by atoms with van der Waals surface area (Å²) < 4.78 is 27.3. The lowest BCUT2D eigenvalue weighted by atomic mass is 10.2. The predicted octanol–water partition coefficient (Wildman–Crippen LogP) is 1.76. The Morgan fingerprint density at radius 2 is 1.66 bits per heavy atom. The number of likely N-dealkylation sites (tertiary alicyclic amines) is 1. The van der Waals surface area contributed by atoms with E-state index >= 15 is 0 Å². The van der Waals surface area contributed by atoms with E-state index in [-0.39, 0.29) is 54.2 Å². The molecule has 0 saturated carbocycles. The molecule has 2 aromatic rings. The van der Waals surface area contributed by atoms with Crippen molar-refractivity contribution in [1.82, 2.24) is 10.2 Å². The van der Waals surface area contributed by atoms with Gasteiger partial charge in [-0.25, -0.2) is 8.42 Å². The van der Waals surface area contributed by atoms with E-state index in [9.17, 15) is 22.8 Å². The van der Waals surface area contributed by atoms with Gasteiger partial charge in [-0.2, -0.15) is 0 Å². The number of carbonyl (C=O) groups excluding carboxylic acids is 3. The summed E-state index contributed by atoms with van der Waals surface area (Å²) in [6.45, 7) is 0.560. The summed E-state index contributed by atoms with van der Waals surface area (Å²) in [7, 11) is -3.75. The molecular weight excluding hydrogens is 394 g/mol. The van der Waals surface area contributed by atoms with Crippen molar-refractivity contribution in [3.8, 4) is 0 Å². The molecule has 2 aromatic carbocycles. The quantitative estimate of drug-likeness (QED) is 0.504. The van der Waals surface area contributed by atoms with Crippen LogP contribution in [-0.2, 0) is 19.6 Å². The highest BCUT2D eigenvalue weighted by Crippen LogP contribution is 2.17. The topological polar surface area (TPSA) is 113 Å². The van der Waals surface area contributed by atoms with Crippen LogP contribution in [0.5, 0.6) is 0 Å². The second-order valence-electron chi connectivity index (χ2n) is 6.55. The molecule has 0 atom stereocenters. The van der Waals surface area contributed by atoms with Crippen molar-refractivity contribution in [2.45, 2.75) is 24.2 Å². The van der Waals surface area contributed by atoms with Crippen LogP contribution < -0.4 is 10.0 Å². The maximum Gasteiger partial charge on any atom is 0.261 e. The molecule has 0 unspecified atom stereocenters. The first-order valence-corrected chi connectivity index (χ1v) is 10.6. The van der Waals surface area contributed by atoms with Crippen LogP contribution in [0, 0.1) is 0 Å². The highest BCUT2D eigenvalue weighted by Gasteiger charge is 2.27. The van der Waals surface area contributed by atoms with Gasteiger partial charge in [-0.3, -0.25) is 24.0 Å². The molecule has 0 aromatic heterocycles. The van der Waals surface area contributed by atoms with Gasteiger partial charge in [0.05, 0.1) is 4.90 Å². The molecule has 8 nitrogen and oxygen atoms in total. The molecule has 1 saturated heterocycles. The molecule has 3 amide bonds. The van der Waals surface area contributed by atoms with Crippen LogP contribution in [0.25, 0.3) is 0 Å². The van der Waals surface area contributed by atoms with Gasteiger partial charge in [0.15, 0.2) is 0 Å². The summed E-state index contributed by atoms with van der Waals surface area (Å²) >= 11 is 0. The number of imide groups is 1. The summed E-state index contributed by atoms with van der Waals surface area (Å²) in [6.07, 6.45) is 0.942. The Labute approximate surface area is 169 Å². The van der Waals surface area contributed by atoms with E-state index in [1.807, 2.05) is 0 Å². The molecule has 3 rings (SSSR count). The molecule has 1 fully saturated rings. The average molecular weight is 415 g/mol. The molecule has 152 valence electrons. The minimum absolute atomic E-state index is 0.126. The van der Waals surface area contributed by atoms with Crippen LogP contribution in [0.15, 0.2) is 59.5 Å². The van der Waals surface area contributed by atoms with E-state index in [0.717, 1.165) is 0 Å². The van der Waals surface area contributed by atoms with Gasteiger partial charge in [0, 0.05) is 37.2 Å². The van der Waals surface area contributed by atoms with Crippen molar-refractivity contribution in [2.75, 3.05) is 17.8 Å². The number of nitrogens with zero attached hydrogens (tertiary/aromatic N) is 1. The maximum absolute atomic E-state index is 12.4. The van der Waals surface area contributed by atoms with Crippen molar-refractivity contribution >= 4 is 33.4 Å². The van der Waals surface area contributed by atoms with E-state index in [4.69, 9.17) is 0 Å². The zero-order valence-corrected chi connectivity index (χ0v) is 16.4. The number of amides is 3. The third kappa shape index (κ3) is 5.20. The third-order valence-electron chi connectivity index (χ3n) is 4.43. The van der Waals surface area contributed by atoms with Crippen LogP contribution in [0.4, 0.5) is 5.69 Å². The first-order chi connectivity index (χ1) is 13.9. The molecule has 9 heteroatoms. The number of sulfonamides is 1. The normalized spacial score (nSPS) is 14.1. The summed E-state index contributed by atoms with van der Waals surface area (Å²) in [5.41, 5.74) is 0.571. The fourth-order valence-corrected chi connectivity index (χ4v) is 4.02. The lowest BCUT2D eigenvalue weighted by Gasteiger charge is -2.14. The lowest BCUT2D eigenvalue weighted by molar-refractivity contribution is -0.138. The van der Waals surface area contributed by atoms with Crippen LogP contribution in [0.3, 0.4) is 0 Å². The van der Waals surface area contributed by atoms with Gasteiger partial charge in [0.25, 0.3) is 15.9 Å². The maximum atomic E-state index is 12.4. The molecule has 0 bridgehead atoms. The van der Waals surface area contributed by atoms with Crippen LogP contribution in [0.2, 0.25) is 0 Å². The van der Waals surface area contributed by atoms with Crippen molar-refractivity contribution in [3.63, 3.8) is 0 Å². The van der Waals surface area contributed by atoms with Gasteiger partial charge in [0.1, 0.15) is 0 Å². The fraction of sp³-hybridized carbons (Fsp3) is 0.250. The third-order valence-corrected chi connectivity index (χ3v) is 5.83. The van der Waals surface area contributed by atoms with Gasteiger partial charge in [-0.15, -0.1) is 0 Å². The van der Waals surface area contributed by atoms with Gasteiger partial charge in [-0.1, -0.05) is 24.3 Å². The largest absolute Gasteiger partial charge is 0.352 e. The second kappa shape index (κ2) is 8.87. The van der Waals surface area contributed by atoms with Gasteiger partial charge in [-0.05, 0) is 36.8 Å². The minimum atomic E-state index is -3.75. The summed E-state index contributed by atoms with van der Waals surface area (Å²) in [6, 6.07) is 14.1. The molecule has 1 heterocycles. The highest BCUT2D eigenvalue weighted by molar-refractivity contribution is 7.92. The van der Waals surface area contributed by atoms with E-state index in [2.05, 4.69) is 10.0 Å². The van der Waals surface area contributed by atoms with Crippen molar-refractivity contribution < 1.29 is 22.8 Å². The molecule has 0 radical (unpaired) electrons. The molecular formula is C20H21N3O5S. The fourth-order valence-electron chi connectivity index (χ4n) is 2.95. The summed E-state index contributed by atoms with van der Waals surface area (Å²) in [4.78, 5) is 36.8. The molecule has 2 N–H and O–H groups in total. The monoisotopic (exact) mass is 415 g/mol. The van der Waals surface area contributed by atoms with Crippen molar-refractivity contribution in [1.29, 1.82) is 0 Å². The van der Waals surface area contributed by atoms with Gasteiger partial charge < -0.3 is 5.32 Å². The number of hydrogen-bond acceptors (Lipinski definition) is 5. The van der Waals surface area contributed by atoms with E-state index in [0.29, 0.717) is 12.0 Å². The van der Waals surface area contributed by atoms with Crippen LogP contribution in [-0.4, -0.2) is 44.1 Å². The smallest absolute Gasteiger partial charge is 0.261 e. The number of hydrogen-bond donors (Lipinski definition) is 2. The molecule has 1 aliphatic rings. The van der Waals surface area contributed by atoms with E-state index < -0.39 is 10.0 Å². The molecule has 0 aliphatic carbocycles. The number of anilines is 1. The average Bonchev–Trinajstić information content (AvgIpc) is 3.03. The first-order valence-electron chi connectivity index (χ1n) is 9.16. The van der Waals surface area contributed by atoms with E-state index in [1.165, 1.54) is 23.1 Å². The van der Waals surface area contributed by atoms with Gasteiger partial charge >= 0.3 is 0 Å². The SMILES string of the molecule is O=C(NCCCN1C(=O)CCC1=O)c1cccc(NS(=O)(=O)c2ccccc2)c1. The predicted molar refractivity (Wildman–Crippen MR) is 107 cm³/mol. The number of carbonyl (C=O) groups is 3. The van der Waals surface area contributed by atoms with Crippen LogP contribution in [0.1, 0.15) is 29.6 Å². The van der Waals surface area contributed by atoms with Crippen molar-refractivity contribution in [2.24, 2.45) is 0 Å². The number of nitrogens with one attached hydrogen (secondary N) is 2. The Balaban J connectivity index is 1.55. The minimum Gasteiger partial charge on any atom is -0.352 e. The Morgan fingerprint density at radius 1 is 0.966 bits per heavy atom. The zero-order valence-electron chi connectivity index (χ0n) is 15.6. The number of benzene rings is 2. The summed E-state index contributed by atoms with van der Waals surface area (Å²) in [5.74, 6) is -0.732. The Hall–Kier alpha value is -3.20.